The average Bonchev–Trinajstić information content (AvgIpc) is 1.87. The summed E-state index contributed by atoms with van der Waals surface area (Å²) in [6.07, 6.45) is 1.63. The Bertz CT molecular complexity index is 142. The monoisotopic (exact) mass is 210 g/mol. The van der Waals surface area contributed by atoms with E-state index < -0.39 is 0 Å². The molecule has 0 aromatic carbocycles. The van der Waals surface area contributed by atoms with Crippen molar-refractivity contribution < 1.29 is 0 Å². The van der Waals surface area contributed by atoms with E-state index in [9.17, 15) is 0 Å². The second-order valence-electron chi connectivity index (χ2n) is 1.02. The van der Waals surface area contributed by atoms with Crippen molar-refractivity contribution >= 4 is 22.6 Å². The number of rotatable bonds is 0. The lowest BCUT2D eigenvalue weighted by molar-refractivity contribution is 0.764. The topological polar surface area (TPSA) is 56.7 Å². The van der Waals surface area contributed by atoms with Crippen LogP contribution in [0.25, 0.3) is 0 Å². The molecule has 0 aliphatic carbocycles. The molecule has 0 aliphatic rings. The van der Waals surface area contributed by atoms with Crippen LogP contribution in [0.2, 0.25) is 0 Å². The zero-order valence-corrected chi connectivity index (χ0v) is 5.53. The molecule has 7 heavy (non-hydrogen) atoms. The summed E-state index contributed by atoms with van der Waals surface area (Å²) < 4.78 is 0.806. The lowest BCUT2D eigenvalue weighted by Crippen LogP contribution is -2.07. The molecule has 0 aliphatic heterocycles. The predicted molar refractivity (Wildman–Crippen MR) is 32.9 cm³/mol. The molecule has 1 heterocycles. The van der Waals surface area contributed by atoms with E-state index in [2.05, 4.69) is 10.3 Å². The molecule has 0 saturated carbocycles. The normalized spacial score (nSPS) is 9.29. The molecule has 0 fully saturated rings. The summed E-state index contributed by atoms with van der Waals surface area (Å²) in [4.78, 5) is 1.17. The first-order valence-corrected chi connectivity index (χ1v) is 2.70. The van der Waals surface area contributed by atoms with Gasteiger partial charge in [-0.05, 0) is 27.8 Å². The van der Waals surface area contributed by atoms with Gasteiger partial charge in [-0.1, -0.05) is 0 Å². The van der Waals surface area contributed by atoms with E-state index in [1.807, 2.05) is 22.6 Å². The predicted octanol–water partition coefficient (Wildman–Crippen LogP) is -0.404. The first-order chi connectivity index (χ1) is 3.29. The van der Waals surface area contributed by atoms with Crippen LogP contribution in [0.15, 0.2) is 6.20 Å². The van der Waals surface area contributed by atoms with Crippen LogP contribution in [0.5, 0.6) is 0 Å². The van der Waals surface area contributed by atoms with Crippen LogP contribution in [0.3, 0.4) is 0 Å². The summed E-state index contributed by atoms with van der Waals surface area (Å²) >= 11 is 2.03. The second kappa shape index (κ2) is 1.65. The van der Waals surface area contributed by atoms with Gasteiger partial charge < -0.3 is 5.84 Å². The van der Waals surface area contributed by atoms with Crippen molar-refractivity contribution in [3.63, 3.8) is 0 Å². The summed E-state index contributed by atoms with van der Waals surface area (Å²) in [5, 5.41) is 7.04. The second-order valence-corrected chi connectivity index (χ2v) is 2.13. The van der Waals surface area contributed by atoms with Crippen LogP contribution in [0.4, 0.5) is 0 Å². The number of nitrogens with two attached hydrogens (primary N) is 1. The van der Waals surface area contributed by atoms with E-state index in [4.69, 9.17) is 5.84 Å². The van der Waals surface area contributed by atoms with Crippen molar-refractivity contribution in [1.82, 2.24) is 15.1 Å². The van der Waals surface area contributed by atoms with Crippen LogP contribution >= 0.6 is 22.6 Å². The minimum atomic E-state index is 0.806. The minimum Gasteiger partial charge on any atom is -0.322 e. The summed E-state index contributed by atoms with van der Waals surface area (Å²) in [7, 11) is 0. The van der Waals surface area contributed by atoms with E-state index in [1.54, 1.807) is 6.20 Å². The fourth-order valence-corrected chi connectivity index (χ4v) is 0.637. The minimum absolute atomic E-state index is 0.806. The largest absolute Gasteiger partial charge is 0.322 e. The molecule has 38 valence electrons. The van der Waals surface area contributed by atoms with Gasteiger partial charge in [0.15, 0.2) is 0 Å². The number of halogens is 1. The van der Waals surface area contributed by atoms with Crippen molar-refractivity contribution in [1.29, 1.82) is 0 Å². The molecule has 0 unspecified atom stereocenters. The Labute approximate surface area is 53.8 Å². The first-order valence-electron chi connectivity index (χ1n) is 1.62. The highest BCUT2D eigenvalue weighted by atomic mass is 127. The number of hydrogen-bond donors (Lipinski definition) is 1. The third-order valence-electron chi connectivity index (χ3n) is 0.482. The Morgan fingerprint density at radius 3 is 2.71 bits per heavy atom. The number of aromatic nitrogens is 3. The van der Waals surface area contributed by atoms with E-state index in [0.29, 0.717) is 0 Å². The molecular weight excluding hydrogens is 207 g/mol. The molecule has 0 saturated heterocycles. The lowest BCUT2D eigenvalue weighted by atomic mass is 11.0. The molecule has 0 radical (unpaired) electrons. The van der Waals surface area contributed by atoms with Gasteiger partial charge in [0.25, 0.3) is 0 Å². The number of nitrogens with zero attached hydrogens (tertiary/aromatic N) is 3. The van der Waals surface area contributed by atoms with Crippen molar-refractivity contribution in [3.05, 3.63) is 9.90 Å². The molecule has 4 nitrogen and oxygen atoms in total. The van der Waals surface area contributed by atoms with Crippen LogP contribution < -0.4 is 5.84 Å². The standard InChI is InChI=1S/C2H3IN4/c3-2-1-7(4)6-5-2/h1H,4H2. The van der Waals surface area contributed by atoms with Crippen LogP contribution in [0, 0.1) is 3.70 Å². The highest BCUT2D eigenvalue weighted by Crippen LogP contribution is 1.92. The van der Waals surface area contributed by atoms with Gasteiger partial charge >= 0.3 is 0 Å². The van der Waals surface area contributed by atoms with Crippen molar-refractivity contribution in [3.8, 4) is 0 Å². The van der Waals surface area contributed by atoms with Gasteiger partial charge in [0.1, 0.15) is 3.70 Å². The maximum absolute atomic E-state index is 5.12. The maximum Gasteiger partial charge on any atom is 0.145 e. The Balaban J connectivity index is 3.04. The highest BCUT2D eigenvalue weighted by molar-refractivity contribution is 14.1. The fourth-order valence-electron chi connectivity index (χ4n) is 0.255. The molecule has 0 amide bonds. The Morgan fingerprint density at radius 1 is 1.86 bits per heavy atom. The zero-order valence-electron chi connectivity index (χ0n) is 3.37. The molecule has 1 rings (SSSR count). The van der Waals surface area contributed by atoms with Gasteiger partial charge in [0.2, 0.25) is 0 Å². The van der Waals surface area contributed by atoms with Gasteiger partial charge in [-0.25, -0.2) is 0 Å². The summed E-state index contributed by atoms with van der Waals surface area (Å²) in [6, 6.07) is 0. The summed E-state index contributed by atoms with van der Waals surface area (Å²) in [6.45, 7) is 0. The third-order valence-corrected chi connectivity index (χ3v) is 0.977. The summed E-state index contributed by atoms with van der Waals surface area (Å²) in [5.74, 6) is 5.12. The maximum atomic E-state index is 5.12. The highest BCUT2D eigenvalue weighted by Gasteiger charge is 1.86. The van der Waals surface area contributed by atoms with Crippen LogP contribution in [-0.2, 0) is 0 Å². The fraction of sp³-hybridized carbons (Fsp3) is 0. The van der Waals surface area contributed by atoms with Gasteiger partial charge in [0.05, 0.1) is 6.20 Å². The SMILES string of the molecule is Nn1cc(I)nn1. The molecule has 5 heteroatoms. The van der Waals surface area contributed by atoms with Crippen molar-refractivity contribution in [2.75, 3.05) is 5.84 Å². The van der Waals surface area contributed by atoms with Gasteiger partial charge in [-0.3, -0.25) is 0 Å². The van der Waals surface area contributed by atoms with Gasteiger partial charge in [-0.15, -0.1) is 5.10 Å². The Morgan fingerprint density at radius 2 is 2.57 bits per heavy atom. The molecule has 1 aromatic heterocycles. The van der Waals surface area contributed by atoms with Crippen LogP contribution in [-0.4, -0.2) is 15.1 Å². The molecule has 0 spiro atoms. The van der Waals surface area contributed by atoms with Crippen molar-refractivity contribution in [2.24, 2.45) is 0 Å². The molecule has 0 atom stereocenters. The first kappa shape index (κ1) is 4.82. The van der Waals surface area contributed by atoms with E-state index >= 15 is 0 Å². The molecule has 1 aromatic rings. The van der Waals surface area contributed by atoms with E-state index in [1.165, 1.54) is 4.79 Å². The summed E-state index contributed by atoms with van der Waals surface area (Å²) in [5.41, 5.74) is 0. The van der Waals surface area contributed by atoms with E-state index in [0.717, 1.165) is 3.70 Å². The smallest absolute Gasteiger partial charge is 0.145 e. The molecule has 2 N–H and O–H groups in total. The van der Waals surface area contributed by atoms with Gasteiger partial charge in [0, 0.05) is 0 Å². The quantitative estimate of drug-likeness (QED) is 0.468. The zero-order chi connectivity index (χ0) is 5.28. The third kappa shape index (κ3) is 1.02. The Kier molecular flexibility index (Phi) is 1.13. The number of hydrogen-bond acceptors (Lipinski definition) is 3. The lowest BCUT2D eigenvalue weighted by Gasteiger charge is -1.76. The van der Waals surface area contributed by atoms with Crippen LogP contribution in [0.1, 0.15) is 0 Å². The van der Waals surface area contributed by atoms with E-state index in [-0.39, 0.29) is 0 Å². The Hall–Kier alpha value is -0.330. The number of nitrogen functional groups attached to an aromatic ring is 1. The molecule has 0 bridgehead atoms. The molecular formula is C2H3IN4. The average molecular weight is 210 g/mol. The van der Waals surface area contributed by atoms with Crippen molar-refractivity contribution in [2.45, 2.75) is 0 Å². The van der Waals surface area contributed by atoms with Gasteiger partial charge in [-0.2, -0.15) is 4.79 Å².